The molecule has 6 heteroatoms. The first-order valence-electron chi connectivity index (χ1n) is 7.22. The van der Waals surface area contributed by atoms with Gasteiger partial charge in [-0.1, -0.05) is 6.07 Å². The quantitative estimate of drug-likeness (QED) is 0.752. The monoisotopic (exact) mass is 301 g/mol. The molecule has 0 aliphatic rings. The Bertz CT molecular complexity index is 696. The van der Waals surface area contributed by atoms with Crippen LogP contribution in [0.2, 0.25) is 0 Å². The molecule has 0 unspecified atom stereocenters. The number of ether oxygens (including phenoxy) is 1. The lowest BCUT2D eigenvalue weighted by atomic mass is 10.1. The summed E-state index contributed by atoms with van der Waals surface area (Å²) in [7, 11) is 0. The number of aryl methyl sites for hydroxylation is 3. The second-order valence-electron chi connectivity index (χ2n) is 4.86. The van der Waals surface area contributed by atoms with Crippen LogP contribution in [0.4, 0.5) is 0 Å². The minimum atomic E-state index is -0.410. The summed E-state index contributed by atoms with van der Waals surface area (Å²) in [6.45, 7) is 4.23. The van der Waals surface area contributed by atoms with Gasteiger partial charge in [-0.2, -0.15) is 0 Å². The van der Waals surface area contributed by atoms with Crippen LogP contribution < -0.4 is 5.56 Å². The summed E-state index contributed by atoms with van der Waals surface area (Å²) >= 11 is 0. The molecule has 0 saturated heterocycles. The maximum atomic E-state index is 12.4. The SMILES string of the molecule is CCOC(=O)Cc1c(C)ncn(CCc2ccccn2)c1=O. The summed E-state index contributed by atoms with van der Waals surface area (Å²) in [6.07, 6.45) is 3.81. The molecule has 0 fully saturated rings. The van der Waals surface area contributed by atoms with Crippen LogP contribution in [0.25, 0.3) is 0 Å². The average molecular weight is 301 g/mol. The van der Waals surface area contributed by atoms with Crippen molar-refractivity contribution < 1.29 is 9.53 Å². The number of carbonyl (C=O) groups is 1. The van der Waals surface area contributed by atoms with Crippen molar-refractivity contribution in [2.45, 2.75) is 33.2 Å². The van der Waals surface area contributed by atoms with Gasteiger partial charge in [-0.3, -0.25) is 19.1 Å². The molecule has 0 aliphatic heterocycles. The van der Waals surface area contributed by atoms with Crippen molar-refractivity contribution in [1.82, 2.24) is 14.5 Å². The van der Waals surface area contributed by atoms with Crippen LogP contribution in [-0.2, 0) is 28.9 Å². The molecule has 0 bridgehead atoms. The summed E-state index contributed by atoms with van der Waals surface area (Å²) < 4.78 is 6.41. The van der Waals surface area contributed by atoms with Gasteiger partial charge in [0.25, 0.3) is 5.56 Å². The minimum Gasteiger partial charge on any atom is -0.466 e. The number of esters is 1. The van der Waals surface area contributed by atoms with Gasteiger partial charge in [0.1, 0.15) is 0 Å². The largest absolute Gasteiger partial charge is 0.466 e. The van der Waals surface area contributed by atoms with Gasteiger partial charge in [0.05, 0.1) is 19.4 Å². The Balaban J connectivity index is 2.16. The van der Waals surface area contributed by atoms with Crippen LogP contribution in [0.1, 0.15) is 23.9 Å². The highest BCUT2D eigenvalue weighted by atomic mass is 16.5. The van der Waals surface area contributed by atoms with Crippen LogP contribution in [0.3, 0.4) is 0 Å². The van der Waals surface area contributed by atoms with E-state index in [1.807, 2.05) is 18.2 Å². The number of aromatic nitrogens is 3. The summed E-state index contributed by atoms with van der Waals surface area (Å²) in [6, 6.07) is 5.66. The molecule has 2 aromatic heterocycles. The fourth-order valence-corrected chi connectivity index (χ4v) is 2.11. The molecule has 116 valence electrons. The number of hydrogen-bond acceptors (Lipinski definition) is 5. The van der Waals surface area contributed by atoms with E-state index in [2.05, 4.69) is 9.97 Å². The van der Waals surface area contributed by atoms with Gasteiger partial charge in [-0.15, -0.1) is 0 Å². The fraction of sp³-hybridized carbons (Fsp3) is 0.375. The Kier molecular flexibility index (Phi) is 5.41. The van der Waals surface area contributed by atoms with Gasteiger partial charge >= 0.3 is 5.97 Å². The van der Waals surface area contributed by atoms with Crippen LogP contribution in [0.5, 0.6) is 0 Å². The van der Waals surface area contributed by atoms with E-state index in [1.54, 1.807) is 20.0 Å². The standard InChI is InChI=1S/C16H19N3O3/c1-3-22-15(20)10-14-12(2)18-11-19(16(14)21)9-7-13-6-4-5-8-17-13/h4-6,8,11H,3,7,9-10H2,1-2H3. The highest BCUT2D eigenvalue weighted by molar-refractivity contribution is 5.72. The lowest BCUT2D eigenvalue weighted by Crippen LogP contribution is -2.28. The molecule has 0 aromatic carbocycles. The van der Waals surface area contributed by atoms with E-state index in [-0.39, 0.29) is 12.0 Å². The van der Waals surface area contributed by atoms with Crippen LogP contribution in [-0.4, -0.2) is 27.1 Å². The molecule has 0 saturated carbocycles. The summed E-state index contributed by atoms with van der Waals surface area (Å²) in [4.78, 5) is 32.5. The molecule has 0 aliphatic carbocycles. The van der Waals surface area contributed by atoms with E-state index in [4.69, 9.17) is 4.74 Å². The Morgan fingerprint density at radius 3 is 2.82 bits per heavy atom. The molecule has 0 radical (unpaired) electrons. The molecule has 2 rings (SSSR count). The van der Waals surface area contributed by atoms with Crippen molar-refractivity contribution >= 4 is 5.97 Å². The lowest BCUT2D eigenvalue weighted by molar-refractivity contribution is -0.142. The van der Waals surface area contributed by atoms with Gasteiger partial charge in [0, 0.05) is 36.1 Å². The second kappa shape index (κ2) is 7.49. The van der Waals surface area contributed by atoms with Crippen molar-refractivity contribution in [3.8, 4) is 0 Å². The average Bonchev–Trinajstić information content (AvgIpc) is 2.52. The molecular weight excluding hydrogens is 282 g/mol. The van der Waals surface area contributed by atoms with Crippen molar-refractivity contribution in [3.05, 3.63) is 58.0 Å². The van der Waals surface area contributed by atoms with Crippen LogP contribution >= 0.6 is 0 Å². The van der Waals surface area contributed by atoms with Gasteiger partial charge in [0.2, 0.25) is 0 Å². The molecule has 0 spiro atoms. The van der Waals surface area contributed by atoms with Gasteiger partial charge in [0.15, 0.2) is 0 Å². The number of carbonyl (C=O) groups excluding carboxylic acids is 1. The minimum absolute atomic E-state index is 0.0457. The molecular formula is C16H19N3O3. The van der Waals surface area contributed by atoms with Crippen molar-refractivity contribution in [3.63, 3.8) is 0 Å². The molecule has 6 nitrogen and oxygen atoms in total. The van der Waals surface area contributed by atoms with Crippen molar-refractivity contribution in [2.24, 2.45) is 0 Å². The first-order valence-corrected chi connectivity index (χ1v) is 7.22. The van der Waals surface area contributed by atoms with E-state index < -0.39 is 5.97 Å². The van der Waals surface area contributed by atoms with Gasteiger partial charge in [-0.25, -0.2) is 4.98 Å². The maximum Gasteiger partial charge on any atom is 0.310 e. The number of nitrogens with zero attached hydrogens (tertiary/aromatic N) is 3. The summed E-state index contributed by atoms with van der Waals surface area (Å²) in [5, 5.41) is 0. The van der Waals surface area contributed by atoms with E-state index in [0.29, 0.717) is 30.8 Å². The number of hydrogen-bond donors (Lipinski definition) is 0. The zero-order chi connectivity index (χ0) is 15.9. The Labute approximate surface area is 128 Å². The predicted molar refractivity (Wildman–Crippen MR) is 81.5 cm³/mol. The van der Waals surface area contributed by atoms with E-state index >= 15 is 0 Å². The molecule has 0 amide bonds. The van der Waals surface area contributed by atoms with Gasteiger partial charge < -0.3 is 4.74 Å². The first kappa shape index (κ1) is 15.9. The molecule has 22 heavy (non-hydrogen) atoms. The first-order chi connectivity index (χ1) is 10.6. The normalized spacial score (nSPS) is 10.5. The Morgan fingerprint density at radius 1 is 1.32 bits per heavy atom. The summed E-state index contributed by atoms with van der Waals surface area (Å²) in [5.74, 6) is -0.410. The Morgan fingerprint density at radius 2 is 2.14 bits per heavy atom. The zero-order valence-corrected chi connectivity index (χ0v) is 12.8. The molecule has 2 heterocycles. The third-order valence-corrected chi connectivity index (χ3v) is 3.31. The molecule has 2 aromatic rings. The fourth-order valence-electron chi connectivity index (χ4n) is 2.11. The lowest BCUT2D eigenvalue weighted by Gasteiger charge is -2.09. The maximum absolute atomic E-state index is 12.4. The van der Waals surface area contributed by atoms with E-state index in [1.165, 1.54) is 10.9 Å². The van der Waals surface area contributed by atoms with E-state index in [0.717, 1.165) is 5.69 Å². The van der Waals surface area contributed by atoms with Crippen molar-refractivity contribution in [2.75, 3.05) is 6.61 Å². The third kappa shape index (κ3) is 4.00. The third-order valence-electron chi connectivity index (χ3n) is 3.31. The number of pyridine rings is 1. The van der Waals surface area contributed by atoms with Crippen LogP contribution in [0.15, 0.2) is 35.5 Å². The summed E-state index contributed by atoms with van der Waals surface area (Å²) in [5.41, 5.74) is 1.66. The van der Waals surface area contributed by atoms with Crippen molar-refractivity contribution in [1.29, 1.82) is 0 Å². The Hall–Kier alpha value is -2.50. The van der Waals surface area contributed by atoms with Crippen LogP contribution in [0, 0.1) is 6.92 Å². The molecule has 0 atom stereocenters. The zero-order valence-electron chi connectivity index (χ0n) is 12.8. The second-order valence-corrected chi connectivity index (χ2v) is 4.86. The van der Waals surface area contributed by atoms with E-state index in [9.17, 15) is 9.59 Å². The highest BCUT2D eigenvalue weighted by Crippen LogP contribution is 2.02. The highest BCUT2D eigenvalue weighted by Gasteiger charge is 2.13. The topological polar surface area (TPSA) is 74.1 Å². The number of rotatable bonds is 6. The van der Waals surface area contributed by atoms with Gasteiger partial charge in [-0.05, 0) is 26.0 Å². The smallest absolute Gasteiger partial charge is 0.310 e. The molecule has 0 N–H and O–H groups in total. The predicted octanol–water partition coefficient (Wildman–Crippen LogP) is 1.30.